The zero-order valence-corrected chi connectivity index (χ0v) is 19.0. The first-order valence-electron chi connectivity index (χ1n) is 12.3. The number of carbonyl (C=O) groups is 2. The molecule has 0 N–H and O–H groups in total. The van der Waals surface area contributed by atoms with E-state index >= 15 is 0 Å². The van der Waals surface area contributed by atoms with Crippen LogP contribution in [0.5, 0.6) is 0 Å². The average molecular weight is 423 g/mol. The number of benzene rings is 1. The van der Waals surface area contributed by atoms with Crippen molar-refractivity contribution in [3.63, 3.8) is 0 Å². The van der Waals surface area contributed by atoms with E-state index in [0.717, 1.165) is 23.8 Å². The summed E-state index contributed by atoms with van der Waals surface area (Å²) in [7, 11) is 0. The third kappa shape index (κ3) is 3.52. The van der Waals surface area contributed by atoms with Crippen LogP contribution in [0.15, 0.2) is 35.9 Å². The maximum absolute atomic E-state index is 13.2. The fourth-order valence-corrected chi connectivity index (χ4v) is 8.00. The van der Waals surface area contributed by atoms with E-state index in [4.69, 9.17) is 0 Å². The molecule has 3 heteroatoms. The van der Waals surface area contributed by atoms with Crippen LogP contribution in [-0.4, -0.2) is 11.6 Å². The summed E-state index contributed by atoms with van der Waals surface area (Å²) in [5.41, 5.74) is 2.79. The highest BCUT2D eigenvalue weighted by atomic mass is 19.1. The smallest absolute Gasteiger partial charge is 0.166 e. The summed E-state index contributed by atoms with van der Waals surface area (Å²) in [4.78, 5) is 26.1. The Morgan fingerprint density at radius 2 is 1.84 bits per heavy atom. The van der Waals surface area contributed by atoms with Crippen LogP contribution in [0.2, 0.25) is 0 Å². The lowest BCUT2D eigenvalue weighted by molar-refractivity contribution is -0.134. The lowest BCUT2D eigenvalue weighted by Gasteiger charge is -2.58. The molecule has 4 unspecified atom stereocenters. The molecule has 0 amide bonds. The van der Waals surface area contributed by atoms with Gasteiger partial charge in [0.15, 0.2) is 5.78 Å². The van der Waals surface area contributed by atoms with Crippen molar-refractivity contribution in [2.75, 3.05) is 0 Å². The molecule has 4 aliphatic carbocycles. The van der Waals surface area contributed by atoms with Crippen LogP contribution in [0, 0.1) is 40.3 Å². The average Bonchev–Trinajstić information content (AvgIpc) is 3.15. The second kappa shape index (κ2) is 7.67. The van der Waals surface area contributed by atoms with Crippen LogP contribution < -0.4 is 0 Å². The number of fused-ring (bicyclic) bond motifs is 5. The third-order valence-corrected chi connectivity index (χ3v) is 9.77. The van der Waals surface area contributed by atoms with E-state index in [9.17, 15) is 14.0 Å². The first kappa shape index (κ1) is 21.1. The van der Waals surface area contributed by atoms with Crippen LogP contribution in [0.4, 0.5) is 4.39 Å². The van der Waals surface area contributed by atoms with Crippen LogP contribution in [0.1, 0.15) is 77.2 Å². The molecule has 5 rings (SSSR count). The van der Waals surface area contributed by atoms with Crippen LogP contribution in [0.25, 0.3) is 0 Å². The number of hydrogen-bond donors (Lipinski definition) is 0. The molecule has 1 aromatic rings. The van der Waals surface area contributed by atoms with Gasteiger partial charge < -0.3 is 0 Å². The van der Waals surface area contributed by atoms with Gasteiger partial charge in [-0.25, -0.2) is 4.39 Å². The fraction of sp³-hybridized carbons (Fsp3) is 0.643. The molecular weight excluding hydrogens is 387 g/mol. The van der Waals surface area contributed by atoms with E-state index in [0.29, 0.717) is 30.6 Å². The van der Waals surface area contributed by atoms with E-state index in [-0.39, 0.29) is 22.8 Å². The largest absolute Gasteiger partial charge is 0.299 e. The minimum Gasteiger partial charge on any atom is -0.299 e. The zero-order valence-electron chi connectivity index (χ0n) is 19.0. The van der Waals surface area contributed by atoms with Gasteiger partial charge >= 0.3 is 0 Å². The summed E-state index contributed by atoms with van der Waals surface area (Å²) in [6.45, 7) is 4.88. The highest BCUT2D eigenvalue weighted by Crippen LogP contribution is 2.65. The van der Waals surface area contributed by atoms with Crippen molar-refractivity contribution in [2.45, 2.75) is 78.1 Å². The van der Waals surface area contributed by atoms with Gasteiger partial charge in [0.2, 0.25) is 0 Å². The molecule has 0 aliphatic heterocycles. The maximum atomic E-state index is 13.2. The van der Waals surface area contributed by atoms with Crippen molar-refractivity contribution >= 4 is 11.6 Å². The van der Waals surface area contributed by atoms with Gasteiger partial charge in [-0.2, -0.15) is 0 Å². The van der Waals surface area contributed by atoms with Crippen molar-refractivity contribution in [2.24, 2.45) is 34.5 Å². The number of hydrogen-bond acceptors (Lipinski definition) is 2. The number of aryl methyl sites for hydroxylation is 1. The third-order valence-electron chi connectivity index (χ3n) is 9.77. The monoisotopic (exact) mass is 422 g/mol. The van der Waals surface area contributed by atoms with Gasteiger partial charge in [0.25, 0.3) is 0 Å². The van der Waals surface area contributed by atoms with Crippen LogP contribution >= 0.6 is 0 Å². The van der Waals surface area contributed by atoms with Crippen molar-refractivity contribution in [1.82, 2.24) is 0 Å². The molecule has 4 aliphatic rings. The minimum absolute atomic E-state index is 0.00303. The van der Waals surface area contributed by atoms with Crippen LogP contribution in [-0.2, 0) is 16.0 Å². The highest BCUT2D eigenvalue weighted by Gasteiger charge is 2.57. The van der Waals surface area contributed by atoms with Crippen molar-refractivity contribution in [3.05, 3.63) is 47.3 Å². The highest BCUT2D eigenvalue weighted by molar-refractivity contribution is 6.08. The fourth-order valence-electron chi connectivity index (χ4n) is 8.00. The predicted molar refractivity (Wildman–Crippen MR) is 120 cm³/mol. The Labute approximate surface area is 185 Å². The lowest BCUT2D eigenvalue weighted by Crippen LogP contribution is -2.51. The predicted octanol–water partition coefficient (Wildman–Crippen LogP) is 6.48. The van der Waals surface area contributed by atoms with Gasteiger partial charge in [-0.15, -0.1) is 0 Å². The Bertz CT molecular complexity index is 915. The summed E-state index contributed by atoms with van der Waals surface area (Å²) < 4.78 is 13.2. The van der Waals surface area contributed by atoms with Gasteiger partial charge in [0.05, 0.1) is 5.92 Å². The molecule has 0 aromatic heterocycles. The molecule has 0 spiro atoms. The number of ketones is 2. The summed E-state index contributed by atoms with van der Waals surface area (Å²) in [5, 5.41) is 0. The van der Waals surface area contributed by atoms with Crippen LogP contribution in [0.3, 0.4) is 0 Å². The Morgan fingerprint density at radius 3 is 2.61 bits per heavy atom. The summed E-state index contributed by atoms with van der Waals surface area (Å²) in [6.07, 6.45) is 12.4. The molecular formula is C28H35FO2. The molecule has 0 saturated heterocycles. The number of carbonyl (C=O) groups excluding carboxylic acids is 2. The number of allylic oxidation sites excluding steroid dienone is 1. The molecule has 0 heterocycles. The second-order valence-electron chi connectivity index (χ2n) is 11.3. The molecule has 166 valence electrons. The second-order valence-corrected chi connectivity index (χ2v) is 11.3. The topological polar surface area (TPSA) is 34.1 Å². The Hall–Kier alpha value is -1.77. The Balaban J connectivity index is 1.34. The van der Waals surface area contributed by atoms with Gasteiger partial charge in [-0.3, -0.25) is 9.59 Å². The van der Waals surface area contributed by atoms with Crippen molar-refractivity contribution in [3.8, 4) is 0 Å². The van der Waals surface area contributed by atoms with E-state index in [2.05, 4.69) is 13.8 Å². The first-order valence-corrected chi connectivity index (χ1v) is 12.3. The summed E-state index contributed by atoms with van der Waals surface area (Å²) in [5.74, 6) is 1.53. The molecule has 0 bridgehead atoms. The zero-order chi connectivity index (χ0) is 21.8. The van der Waals surface area contributed by atoms with E-state index in [1.165, 1.54) is 56.2 Å². The van der Waals surface area contributed by atoms with Gasteiger partial charge in [-0.1, -0.05) is 38.0 Å². The van der Waals surface area contributed by atoms with E-state index < -0.39 is 5.92 Å². The lowest BCUT2D eigenvalue weighted by atomic mass is 9.46. The molecule has 0 radical (unpaired) electrons. The van der Waals surface area contributed by atoms with E-state index in [1.54, 1.807) is 12.1 Å². The van der Waals surface area contributed by atoms with Gasteiger partial charge in [0.1, 0.15) is 11.6 Å². The van der Waals surface area contributed by atoms with Gasteiger partial charge in [-0.05, 0) is 104 Å². The SMILES string of the molecule is C[C@@]12CCCC1C1CCC3=CC(=O)C(C(=O)CCc4ccc(F)cc4)C[C@]3(C)C1CC2. The molecule has 3 fully saturated rings. The van der Waals surface area contributed by atoms with Crippen molar-refractivity contribution in [1.29, 1.82) is 0 Å². The van der Waals surface area contributed by atoms with E-state index in [1.807, 2.05) is 6.08 Å². The maximum Gasteiger partial charge on any atom is 0.166 e. The minimum atomic E-state index is -0.496. The molecule has 1 aromatic carbocycles. The quantitative estimate of drug-likeness (QED) is 0.521. The molecule has 6 atom stereocenters. The first-order chi connectivity index (χ1) is 14.8. The standard InChI is InChI=1S/C28H35FO2/c1-27-14-3-4-23(27)21-11-8-19-16-26(31)22(17-28(19,2)24(21)13-15-27)25(30)12-7-18-5-9-20(29)10-6-18/h5-6,9-10,16,21-24H,3-4,7-8,11-15,17H2,1-2H3/t21?,22?,23?,24?,27-,28-/m0/s1. The summed E-state index contributed by atoms with van der Waals surface area (Å²) in [6, 6.07) is 6.33. The number of Topliss-reactive ketones (excluding diaryl/α,β-unsaturated/α-hetero) is 1. The summed E-state index contributed by atoms with van der Waals surface area (Å²) >= 11 is 0. The normalized spacial score (nSPS) is 39.3. The van der Waals surface area contributed by atoms with Crippen molar-refractivity contribution < 1.29 is 14.0 Å². The molecule has 31 heavy (non-hydrogen) atoms. The Morgan fingerprint density at radius 1 is 1.06 bits per heavy atom. The number of halogens is 1. The molecule has 2 nitrogen and oxygen atoms in total. The van der Waals surface area contributed by atoms with Gasteiger partial charge in [0, 0.05) is 6.42 Å². The Kier molecular flexibility index (Phi) is 5.22. The number of rotatable bonds is 4. The molecule has 3 saturated carbocycles.